The predicted molar refractivity (Wildman–Crippen MR) is 117 cm³/mol. The van der Waals surface area contributed by atoms with E-state index in [-0.39, 0.29) is 6.10 Å². The van der Waals surface area contributed by atoms with Crippen molar-refractivity contribution in [2.24, 2.45) is 5.92 Å². The van der Waals surface area contributed by atoms with Gasteiger partial charge >= 0.3 is 12.1 Å². The zero-order chi connectivity index (χ0) is 24.2. The molecule has 180 valence electrons. The molecule has 0 bridgehead atoms. The number of halogens is 3. The van der Waals surface area contributed by atoms with Crippen molar-refractivity contribution in [3.63, 3.8) is 0 Å². The van der Waals surface area contributed by atoms with Gasteiger partial charge in [0.25, 0.3) is 0 Å². The Balaban J connectivity index is 1.52. The van der Waals surface area contributed by atoms with Gasteiger partial charge in [0.2, 0.25) is 0 Å². The smallest absolute Gasteiger partial charge is 0.416 e. The summed E-state index contributed by atoms with van der Waals surface area (Å²) >= 11 is 0. The first-order valence-corrected chi connectivity index (χ1v) is 11.0. The van der Waals surface area contributed by atoms with Gasteiger partial charge in [-0.1, -0.05) is 0 Å². The molecule has 5 nitrogen and oxygen atoms in total. The predicted octanol–water partition coefficient (Wildman–Crippen LogP) is 6.14. The molecule has 0 aromatic heterocycles. The molecule has 0 spiro atoms. The highest BCUT2D eigenvalue weighted by molar-refractivity contribution is 5.76. The maximum atomic E-state index is 13.1. The third-order valence-corrected chi connectivity index (χ3v) is 5.43. The molecular formula is C25H29F3O5. The first kappa shape index (κ1) is 24.7. The van der Waals surface area contributed by atoms with E-state index >= 15 is 0 Å². The molecule has 8 heteroatoms. The van der Waals surface area contributed by atoms with E-state index < -0.39 is 23.3 Å². The number of rotatable bonds is 11. The summed E-state index contributed by atoms with van der Waals surface area (Å²) < 4.78 is 56.4. The summed E-state index contributed by atoms with van der Waals surface area (Å²) in [4.78, 5) is 11.2. The Labute approximate surface area is 191 Å². The zero-order valence-corrected chi connectivity index (χ0v) is 18.9. The Morgan fingerprint density at radius 3 is 2.30 bits per heavy atom. The molecule has 0 amide bonds. The van der Waals surface area contributed by atoms with Crippen LogP contribution in [0.1, 0.15) is 51.2 Å². The van der Waals surface area contributed by atoms with E-state index in [1.54, 1.807) is 24.3 Å². The van der Waals surface area contributed by atoms with Crippen LogP contribution in [0.4, 0.5) is 13.2 Å². The number of benzene rings is 2. The third kappa shape index (κ3) is 7.30. The van der Waals surface area contributed by atoms with Crippen LogP contribution in [0.3, 0.4) is 0 Å². The largest absolute Gasteiger partial charge is 0.493 e. The summed E-state index contributed by atoms with van der Waals surface area (Å²) in [5.41, 5.74) is -1.40. The second kappa shape index (κ2) is 9.93. The van der Waals surface area contributed by atoms with Crippen molar-refractivity contribution < 1.29 is 37.3 Å². The molecule has 0 heterocycles. The van der Waals surface area contributed by atoms with Crippen LogP contribution in [0.2, 0.25) is 0 Å². The fraction of sp³-hybridized carbons (Fsp3) is 0.480. The van der Waals surface area contributed by atoms with Crippen LogP contribution in [0, 0.1) is 5.92 Å². The van der Waals surface area contributed by atoms with Crippen molar-refractivity contribution in [1.82, 2.24) is 0 Å². The van der Waals surface area contributed by atoms with Gasteiger partial charge in [-0.05, 0) is 94.0 Å². The maximum Gasteiger partial charge on any atom is 0.416 e. The third-order valence-electron chi connectivity index (χ3n) is 5.43. The Kier molecular flexibility index (Phi) is 7.44. The van der Waals surface area contributed by atoms with Crippen molar-refractivity contribution in [1.29, 1.82) is 0 Å². The molecule has 33 heavy (non-hydrogen) atoms. The van der Waals surface area contributed by atoms with Crippen LogP contribution in [-0.2, 0) is 17.4 Å². The second-order valence-electron chi connectivity index (χ2n) is 8.92. The Morgan fingerprint density at radius 1 is 1.09 bits per heavy atom. The Morgan fingerprint density at radius 2 is 1.73 bits per heavy atom. The summed E-state index contributed by atoms with van der Waals surface area (Å²) in [5, 5.41) is 9.13. The van der Waals surface area contributed by atoms with E-state index in [1.807, 2.05) is 6.92 Å². The molecule has 1 atom stereocenters. The van der Waals surface area contributed by atoms with Crippen molar-refractivity contribution in [2.75, 3.05) is 6.61 Å². The van der Waals surface area contributed by atoms with E-state index in [9.17, 15) is 18.0 Å². The number of carboxylic acid groups (broad SMARTS) is 1. The average Bonchev–Trinajstić information content (AvgIpc) is 3.53. The fourth-order valence-corrected chi connectivity index (χ4v) is 3.22. The van der Waals surface area contributed by atoms with Gasteiger partial charge in [-0.3, -0.25) is 0 Å². The Hall–Kier alpha value is -2.90. The molecule has 1 fully saturated rings. The van der Waals surface area contributed by atoms with Crippen LogP contribution in [-0.4, -0.2) is 29.4 Å². The molecule has 0 radical (unpaired) electrons. The van der Waals surface area contributed by atoms with Gasteiger partial charge in [0, 0.05) is 6.42 Å². The number of aliphatic carboxylic acids is 1. The number of carboxylic acids is 1. The summed E-state index contributed by atoms with van der Waals surface area (Å²) in [7, 11) is 0. The standard InChI is InChI=1S/C25H29F3O5/c1-16(12-13-31-20-7-9-21(10-8-20)33-24(2,3)23(29)30)32-22-11-6-19(25(26,27)28)15-18(22)14-17-4-5-17/h6-11,15-17H,4-5,12-14H2,1-3H3,(H,29,30)/t16-/m1/s1. The molecule has 1 aliphatic rings. The first-order valence-electron chi connectivity index (χ1n) is 11.0. The highest BCUT2D eigenvalue weighted by atomic mass is 19.4. The fourth-order valence-electron chi connectivity index (χ4n) is 3.22. The molecule has 1 aliphatic carbocycles. The Bertz CT molecular complexity index is 950. The first-order chi connectivity index (χ1) is 15.4. The lowest BCUT2D eigenvalue weighted by Crippen LogP contribution is -2.37. The van der Waals surface area contributed by atoms with Crippen molar-refractivity contribution >= 4 is 5.97 Å². The van der Waals surface area contributed by atoms with Crippen LogP contribution < -0.4 is 14.2 Å². The lowest BCUT2D eigenvalue weighted by molar-refractivity contribution is -0.152. The van der Waals surface area contributed by atoms with Crippen LogP contribution in [0.15, 0.2) is 42.5 Å². The average molecular weight is 466 g/mol. The number of ether oxygens (including phenoxy) is 3. The SMILES string of the molecule is C[C@H](CCOc1ccc(OC(C)(C)C(=O)O)cc1)Oc1ccc(C(F)(F)F)cc1CC1CC1. The lowest BCUT2D eigenvalue weighted by atomic mass is 10.0. The van der Waals surface area contributed by atoms with E-state index in [2.05, 4.69) is 0 Å². The monoisotopic (exact) mass is 466 g/mol. The number of hydrogen-bond acceptors (Lipinski definition) is 4. The maximum absolute atomic E-state index is 13.1. The van der Waals surface area contributed by atoms with E-state index in [4.69, 9.17) is 19.3 Å². The summed E-state index contributed by atoms with van der Waals surface area (Å²) in [6, 6.07) is 10.3. The van der Waals surface area contributed by atoms with Gasteiger partial charge in [-0.2, -0.15) is 13.2 Å². The zero-order valence-electron chi connectivity index (χ0n) is 18.9. The summed E-state index contributed by atoms with van der Waals surface area (Å²) in [6.07, 6.45) is -1.42. The van der Waals surface area contributed by atoms with Crippen molar-refractivity contribution in [3.8, 4) is 17.2 Å². The second-order valence-corrected chi connectivity index (χ2v) is 8.92. The summed E-state index contributed by atoms with van der Waals surface area (Å²) in [6.45, 7) is 5.13. The molecule has 0 unspecified atom stereocenters. The minimum absolute atomic E-state index is 0.251. The lowest BCUT2D eigenvalue weighted by Gasteiger charge is -2.21. The van der Waals surface area contributed by atoms with E-state index in [0.29, 0.717) is 48.2 Å². The van der Waals surface area contributed by atoms with Gasteiger partial charge < -0.3 is 19.3 Å². The topological polar surface area (TPSA) is 65.0 Å². The minimum atomic E-state index is -4.37. The number of hydrogen-bond donors (Lipinski definition) is 1. The van der Waals surface area contributed by atoms with Crippen LogP contribution in [0.5, 0.6) is 17.2 Å². The van der Waals surface area contributed by atoms with Gasteiger partial charge in [0.1, 0.15) is 17.2 Å². The molecule has 0 aliphatic heterocycles. The number of alkyl halides is 3. The molecule has 1 N–H and O–H groups in total. The minimum Gasteiger partial charge on any atom is -0.493 e. The van der Waals surface area contributed by atoms with Crippen LogP contribution >= 0.6 is 0 Å². The number of carbonyl (C=O) groups is 1. The molecule has 3 rings (SSSR count). The highest BCUT2D eigenvalue weighted by Gasteiger charge is 2.32. The molecule has 2 aromatic carbocycles. The highest BCUT2D eigenvalue weighted by Crippen LogP contribution is 2.38. The van der Waals surface area contributed by atoms with E-state index in [1.165, 1.54) is 26.0 Å². The van der Waals surface area contributed by atoms with Crippen molar-refractivity contribution in [3.05, 3.63) is 53.6 Å². The molecule has 2 aromatic rings. The summed E-state index contributed by atoms with van der Waals surface area (Å²) in [5.74, 6) is 0.862. The normalized spacial score (nSPS) is 15.1. The van der Waals surface area contributed by atoms with Gasteiger partial charge in [-0.25, -0.2) is 4.79 Å². The quantitative estimate of drug-likeness (QED) is 0.431. The van der Waals surface area contributed by atoms with E-state index in [0.717, 1.165) is 18.9 Å². The van der Waals surface area contributed by atoms with Gasteiger partial charge in [0.05, 0.1) is 18.3 Å². The van der Waals surface area contributed by atoms with Crippen LogP contribution in [0.25, 0.3) is 0 Å². The molecular weight excluding hydrogens is 437 g/mol. The molecule has 1 saturated carbocycles. The van der Waals surface area contributed by atoms with Gasteiger partial charge in [-0.15, -0.1) is 0 Å². The molecule has 0 saturated heterocycles. The van der Waals surface area contributed by atoms with Crippen molar-refractivity contribution in [2.45, 2.75) is 64.3 Å². The van der Waals surface area contributed by atoms with Gasteiger partial charge in [0.15, 0.2) is 5.60 Å².